The van der Waals surface area contributed by atoms with Gasteiger partial charge in [0.15, 0.2) is 5.11 Å². The van der Waals surface area contributed by atoms with Crippen molar-refractivity contribution in [1.82, 2.24) is 0 Å². The Labute approximate surface area is 87.5 Å². The summed E-state index contributed by atoms with van der Waals surface area (Å²) in [6.07, 6.45) is 0. The van der Waals surface area contributed by atoms with Gasteiger partial charge in [-0.2, -0.15) is 0 Å². The molecule has 0 fully saturated rings. The topological polar surface area (TPSA) is 46.3 Å². The average Bonchev–Trinajstić information content (AvgIpc) is 2.41. The van der Waals surface area contributed by atoms with Crippen LogP contribution in [-0.4, -0.2) is 11.0 Å². The molecular formula is C10H10N2OS. The molecule has 1 unspecified atom stereocenters. The molecule has 0 saturated heterocycles. The molecule has 14 heavy (non-hydrogen) atoms. The predicted octanol–water partition coefficient (Wildman–Crippen LogP) is 1.38. The normalized spacial score (nSPS) is 19.6. The van der Waals surface area contributed by atoms with E-state index in [0.717, 1.165) is 11.3 Å². The molecule has 0 spiro atoms. The quantitative estimate of drug-likeness (QED) is 0.652. The summed E-state index contributed by atoms with van der Waals surface area (Å²) in [6, 6.07) is 7.56. The minimum absolute atomic E-state index is 0.0429. The minimum atomic E-state index is -0.146. The first-order valence-electron chi connectivity index (χ1n) is 4.35. The second kappa shape index (κ2) is 3.06. The molecule has 2 rings (SSSR count). The van der Waals surface area contributed by atoms with Gasteiger partial charge in [-0.1, -0.05) is 18.2 Å². The molecule has 72 valence electrons. The highest BCUT2D eigenvalue weighted by molar-refractivity contribution is 7.80. The van der Waals surface area contributed by atoms with Gasteiger partial charge in [-0.3, -0.25) is 9.69 Å². The fourth-order valence-electron chi connectivity index (χ4n) is 1.73. The molecule has 1 atom stereocenters. The molecule has 0 aliphatic carbocycles. The van der Waals surface area contributed by atoms with Gasteiger partial charge in [-0.05, 0) is 30.8 Å². The molecule has 1 aliphatic rings. The number of hydrogen-bond acceptors (Lipinski definition) is 2. The number of para-hydroxylation sites is 1. The third-order valence-corrected chi connectivity index (χ3v) is 2.64. The fraction of sp³-hybridized carbons (Fsp3) is 0.200. The fourth-order valence-corrected chi connectivity index (χ4v) is 1.92. The highest BCUT2D eigenvalue weighted by Gasteiger charge is 2.35. The van der Waals surface area contributed by atoms with Crippen LogP contribution in [0, 0.1) is 0 Å². The Morgan fingerprint density at radius 3 is 2.79 bits per heavy atom. The third kappa shape index (κ3) is 1.11. The van der Waals surface area contributed by atoms with E-state index in [2.05, 4.69) is 0 Å². The average molecular weight is 206 g/mol. The van der Waals surface area contributed by atoms with E-state index < -0.39 is 0 Å². The first kappa shape index (κ1) is 9.15. The van der Waals surface area contributed by atoms with Crippen molar-refractivity contribution in [2.24, 2.45) is 5.73 Å². The van der Waals surface area contributed by atoms with E-state index in [1.54, 1.807) is 0 Å². The Balaban J connectivity index is 2.59. The maximum Gasteiger partial charge on any atom is 0.240 e. The van der Waals surface area contributed by atoms with Gasteiger partial charge in [-0.25, -0.2) is 0 Å². The SMILES string of the molecule is CC1C(=O)N(C(N)=S)c2ccccc21. The Bertz CT molecular complexity index is 416. The van der Waals surface area contributed by atoms with Gasteiger partial charge in [0.05, 0.1) is 11.6 Å². The van der Waals surface area contributed by atoms with Gasteiger partial charge in [0.25, 0.3) is 0 Å². The van der Waals surface area contributed by atoms with Gasteiger partial charge in [-0.15, -0.1) is 0 Å². The Kier molecular flexibility index (Phi) is 2.00. The number of rotatable bonds is 0. The van der Waals surface area contributed by atoms with E-state index in [0.29, 0.717) is 0 Å². The zero-order chi connectivity index (χ0) is 10.3. The van der Waals surface area contributed by atoms with E-state index in [4.69, 9.17) is 18.0 Å². The smallest absolute Gasteiger partial charge is 0.240 e. The summed E-state index contributed by atoms with van der Waals surface area (Å²) in [5, 5.41) is 0.117. The van der Waals surface area contributed by atoms with Gasteiger partial charge in [0.2, 0.25) is 5.91 Å². The van der Waals surface area contributed by atoms with Crippen LogP contribution in [0.3, 0.4) is 0 Å². The molecular weight excluding hydrogens is 196 g/mol. The summed E-state index contributed by atoms with van der Waals surface area (Å²) in [6.45, 7) is 1.86. The second-order valence-electron chi connectivity index (χ2n) is 3.29. The molecule has 1 amide bonds. The Morgan fingerprint density at radius 1 is 1.50 bits per heavy atom. The van der Waals surface area contributed by atoms with Gasteiger partial charge in [0, 0.05) is 0 Å². The van der Waals surface area contributed by atoms with E-state index >= 15 is 0 Å². The van der Waals surface area contributed by atoms with Crippen LogP contribution in [0.1, 0.15) is 18.4 Å². The zero-order valence-corrected chi connectivity index (χ0v) is 8.54. The van der Waals surface area contributed by atoms with Crippen molar-refractivity contribution in [2.75, 3.05) is 4.90 Å². The molecule has 0 aromatic heterocycles. The number of fused-ring (bicyclic) bond motifs is 1. The summed E-state index contributed by atoms with van der Waals surface area (Å²) in [5.74, 6) is -0.189. The highest BCUT2D eigenvalue weighted by Crippen LogP contribution is 2.36. The highest BCUT2D eigenvalue weighted by atomic mass is 32.1. The van der Waals surface area contributed by atoms with Crippen LogP contribution < -0.4 is 10.6 Å². The summed E-state index contributed by atoms with van der Waals surface area (Å²) < 4.78 is 0. The molecule has 0 bridgehead atoms. The van der Waals surface area contributed by atoms with Crippen LogP contribution in [0.2, 0.25) is 0 Å². The van der Waals surface area contributed by atoms with Crippen LogP contribution in [-0.2, 0) is 4.79 Å². The van der Waals surface area contributed by atoms with Crippen molar-refractivity contribution in [3.8, 4) is 0 Å². The van der Waals surface area contributed by atoms with E-state index in [1.165, 1.54) is 4.90 Å². The summed E-state index contributed by atoms with van der Waals surface area (Å²) >= 11 is 4.84. The first-order chi connectivity index (χ1) is 6.63. The lowest BCUT2D eigenvalue weighted by atomic mass is 10.0. The lowest BCUT2D eigenvalue weighted by molar-refractivity contribution is -0.118. The molecule has 0 radical (unpaired) electrons. The summed E-state index contributed by atoms with van der Waals surface area (Å²) in [5.41, 5.74) is 7.31. The number of benzene rings is 1. The van der Waals surface area contributed by atoms with Crippen LogP contribution >= 0.6 is 12.2 Å². The number of nitrogens with two attached hydrogens (primary N) is 1. The molecule has 4 heteroatoms. The van der Waals surface area contributed by atoms with Crippen molar-refractivity contribution in [3.63, 3.8) is 0 Å². The molecule has 1 heterocycles. The van der Waals surface area contributed by atoms with Gasteiger partial charge < -0.3 is 5.73 Å². The van der Waals surface area contributed by atoms with Crippen molar-refractivity contribution in [2.45, 2.75) is 12.8 Å². The van der Waals surface area contributed by atoms with Gasteiger partial charge >= 0.3 is 0 Å². The molecule has 0 saturated carbocycles. The largest absolute Gasteiger partial charge is 0.376 e. The van der Waals surface area contributed by atoms with Crippen LogP contribution in [0.4, 0.5) is 5.69 Å². The van der Waals surface area contributed by atoms with E-state index in [-0.39, 0.29) is 16.9 Å². The maximum atomic E-state index is 11.8. The number of amides is 1. The molecule has 3 nitrogen and oxygen atoms in total. The van der Waals surface area contributed by atoms with Gasteiger partial charge in [0.1, 0.15) is 0 Å². The standard InChI is InChI=1S/C10H10N2OS/c1-6-7-4-2-3-5-8(7)12(9(6)13)10(11)14/h2-6H,1H3,(H2,11,14). The van der Waals surface area contributed by atoms with Crippen molar-refractivity contribution in [3.05, 3.63) is 29.8 Å². The number of carbonyl (C=O) groups is 1. The lowest BCUT2D eigenvalue weighted by Gasteiger charge is -2.14. The first-order valence-corrected chi connectivity index (χ1v) is 4.76. The number of carbonyl (C=O) groups excluding carboxylic acids is 1. The monoisotopic (exact) mass is 206 g/mol. The Morgan fingerprint density at radius 2 is 2.14 bits per heavy atom. The van der Waals surface area contributed by atoms with Crippen molar-refractivity contribution < 1.29 is 4.79 Å². The molecule has 1 aliphatic heterocycles. The van der Waals surface area contributed by atoms with Crippen molar-refractivity contribution in [1.29, 1.82) is 0 Å². The predicted molar refractivity (Wildman–Crippen MR) is 59.1 cm³/mol. The van der Waals surface area contributed by atoms with Crippen LogP contribution in [0.15, 0.2) is 24.3 Å². The number of hydrogen-bond donors (Lipinski definition) is 1. The lowest BCUT2D eigenvalue weighted by Crippen LogP contribution is -2.38. The molecule has 1 aromatic rings. The number of thiocarbonyl (C=S) groups is 1. The van der Waals surface area contributed by atoms with E-state index in [1.807, 2.05) is 31.2 Å². The van der Waals surface area contributed by atoms with Crippen molar-refractivity contribution >= 4 is 28.9 Å². The van der Waals surface area contributed by atoms with E-state index in [9.17, 15) is 4.79 Å². The molecule has 2 N–H and O–H groups in total. The summed E-state index contributed by atoms with van der Waals surface area (Å²) in [7, 11) is 0. The Hall–Kier alpha value is -1.42. The summed E-state index contributed by atoms with van der Waals surface area (Å²) in [4.78, 5) is 13.2. The van der Waals surface area contributed by atoms with Crippen LogP contribution in [0.5, 0.6) is 0 Å². The zero-order valence-electron chi connectivity index (χ0n) is 7.73. The molecule has 1 aromatic carbocycles. The van der Waals surface area contributed by atoms with Crippen LogP contribution in [0.25, 0.3) is 0 Å². The third-order valence-electron chi connectivity index (χ3n) is 2.46. The number of nitrogens with zero attached hydrogens (tertiary/aromatic N) is 1. The maximum absolute atomic E-state index is 11.8. The minimum Gasteiger partial charge on any atom is -0.376 e. The second-order valence-corrected chi connectivity index (χ2v) is 3.71. The number of anilines is 1.